The molecule has 0 spiro atoms. The van der Waals surface area contributed by atoms with Gasteiger partial charge in [0.25, 0.3) is 10.0 Å². The molecule has 2 aromatic carbocycles. The van der Waals surface area contributed by atoms with E-state index in [2.05, 4.69) is 14.8 Å². The van der Waals surface area contributed by atoms with Crippen LogP contribution in [0.4, 0.5) is 5.95 Å². The molecule has 0 saturated carbocycles. The topological polar surface area (TPSA) is 95.3 Å². The van der Waals surface area contributed by atoms with Crippen molar-refractivity contribution >= 4 is 16.0 Å². The van der Waals surface area contributed by atoms with Crippen LogP contribution in [-0.4, -0.2) is 37.4 Å². The number of sulfonamides is 1. The molecule has 0 aliphatic rings. The molecule has 0 bridgehead atoms. The second kappa shape index (κ2) is 7.04. The van der Waals surface area contributed by atoms with Crippen LogP contribution in [0, 0.1) is 0 Å². The van der Waals surface area contributed by atoms with Gasteiger partial charge < -0.3 is 9.47 Å². The molecule has 1 heterocycles. The van der Waals surface area contributed by atoms with Crippen LogP contribution in [0.3, 0.4) is 0 Å². The Morgan fingerprint density at radius 3 is 2.35 bits per heavy atom. The summed E-state index contributed by atoms with van der Waals surface area (Å²) >= 11 is 0. The van der Waals surface area contributed by atoms with Gasteiger partial charge in [0.05, 0.1) is 19.1 Å². The molecule has 0 amide bonds. The Kier molecular flexibility index (Phi) is 4.81. The van der Waals surface area contributed by atoms with Crippen LogP contribution in [0.5, 0.6) is 11.5 Å². The van der Waals surface area contributed by atoms with Crippen LogP contribution in [0.15, 0.2) is 53.4 Å². The molecule has 0 unspecified atom stereocenters. The van der Waals surface area contributed by atoms with E-state index in [0.717, 1.165) is 5.56 Å². The van der Waals surface area contributed by atoms with E-state index in [4.69, 9.17) is 9.47 Å². The Labute approximate surface area is 151 Å². The van der Waals surface area contributed by atoms with E-state index in [1.165, 1.54) is 37.1 Å². The first-order valence-corrected chi connectivity index (χ1v) is 9.14. The van der Waals surface area contributed by atoms with Crippen molar-refractivity contribution in [3.8, 4) is 22.9 Å². The van der Waals surface area contributed by atoms with Gasteiger partial charge in [-0.3, -0.25) is 0 Å². The molecule has 26 heavy (non-hydrogen) atoms. The molecular formula is C17H18N4O4S. The van der Waals surface area contributed by atoms with Crippen LogP contribution in [0.25, 0.3) is 11.4 Å². The van der Waals surface area contributed by atoms with E-state index in [1.807, 2.05) is 30.3 Å². The summed E-state index contributed by atoms with van der Waals surface area (Å²) in [5, 5.41) is 4.25. The molecule has 136 valence electrons. The Hall–Kier alpha value is -3.07. The van der Waals surface area contributed by atoms with Crippen molar-refractivity contribution in [2.45, 2.75) is 4.90 Å². The standard InChI is InChI=1S/C17H18N4O4S/c1-21-17(18-16(19-21)12-7-5-4-6-8-12)20-26(22,23)13-9-10-14(24-2)15(11-13)25-3/h4-11H,1-3H3,(H,18,19,20). The fourth-order valence-electron chi connectivity index (χ4n) is 2.35. The summed E-state index contributed by atoms with van der Waals surface area (Å²) in [6, 6.07) is 13.6. The van der Waals surface area contributed by atoms with Crippen LogP contribution in [0.1, 0.15) is 0 Å². The number of hydrogen-bond acceptors (Lipinski definition) is 6. The number of aryl methyl sites for hydroxylation is 1. The first-order valence-electron chi connectivity index (χ1n) is 7.66. The van der Waals surface area contributed by atoms with Crippen LogP contribution in [0.2, 0.25) is 0 Å². The quantitative estimate of drug-likeness (QED) is 0.711. The fraction of sp³-hybridized carbons (Fsp3) is 0.176. The summed E-state index contributed by atoms with van der Waals surface area (Å²) in [4.78, 5) is 4.30. The molecule has 1 aromatic heterocycles. The lowest BCUT2D eigenvalue weighted by Gasteiger charge is -2.11. The number of ether oxygens (including phenoxy) is 2. The average molecular weight is 374 g/mol. The van der Waals surface area contributed by atoms with Gasteiger partial charge >= 0.3 is 0 Å². The number of rotatable bonds is 6. The van der Waals surface area contributed by atoms with Gasteiger partial charge in [0.1, 0.15) is 0 Å². The number of nitrogens with zero attached hydrogens (tertiary/aromatic N) is 3. The van der Waals surface area contributed by atoms with E-state index in [-0.39, 0.29) is 10.8 Å². The van der Waals surface area contributed by atoms with E-state index in [0.29, 0.717) is 17.3 Å². The third kappa shape index (κ3) is 3.47. The molecular weight excluding hydrogens is 356 g/mol. The highest BCUT2D eigenvalue weighted by Gasteiger charge is 2.20. The number of benzene rings is 2. The first kappa shape index (κ1) is 17.7. The molecule has 0 fully saturated rings. The van der Waals surface area contributed by atoms with Gasteiger partial charge in [-0.2, -0.15) is 4.98 Å². The lowest BCUT2D eigenvalue weighted by atomic mass is 10.2. The number of aromatic nitrogens is 3. The van der Waals surface area contributed by atoms with Crippen LogP contribution in [-0.2, 0) is 17.1 Å². The molecule has 8 nitrogen and oxygen atoms in total. The third-order valence-corrected chi connectivity index (χ3v) is 5.01. The van der Waals surface area contributed by atoms with Crippen molar-refractivity contribution in [1.82, 2.24) is 14.8 Å². The van der Waals surface area contributed by atoms with Gasteiger partial charge in [0.2, 0.25) is 5.95 Å². The molecule has 3 aromatic rings. The van der Waals surface area contributed by atoms with E-state index in [1.54, 1.807) is 7.05 Å². The monoisotopic (exact) mass is 374 g/mol. The number of nitrogens with one attached hydrogen (secondary N) is 1. The lowest BCUT2D eigenvalue weighted by molar-refractivity contribution is 0.354. The highest BCUT2D eigenvalue weighted by Crippen LogP contribution is 2.30. The summed E-state index contributed by atoms with van der Waals surface area (Å²) < 4.78 is 39.5. The smallest absolute Gasteiger partial charge is 0.264 e. The van der Waals surface area contributed by atoms with Crippen molar-refractivity contribution in [1.29, 1.82) is 0 Å². The molecule has 0 aliphatic carbocycles. The van der Waals surface area contributed by atoms with Gasteiger partial charge in [-0.15, -0.1) is 5.10 Å². The minimum atomic E-state index is -3.87. The average Bonchev–Trinajstić information content (AvgIpc) is 3.01. The Bertz CT molecular complexity index is 1020. The van der Waals surface area contributed by atoms with Gasteiger partial charge in [0.15, 0.2) is 17.3 Å². The molecule has 0 atom stereocenters. The minimum Gasteiger partial charge on any atom is -0.493 e. The SMILES string of the molecule is COc1ccc(S(=O)(=O)Nc2nc(-c3ccccc3)nn2C)cc1OC. The molecule has 0 saturated heterocycles. The number of anilines is 1. The van der Waals surface area contributed by atoms with Crippen molar-refractivity contribution in [2.24, 2.45) is 7.05 Å². The van der Waals surface area contributed by atoms with E-state index >= 15 is 0 Å². The fourth-order valence-corrected chi connectivity index (χ4v) is 3.39. The normalized spacial score (nSPS) is 11.2. The predicted molar refractivity (Wildman–Crippen MR) is 96.8 cm³/mol. The molecule has 0 aliphatic heterocycles. The first-order chi connectivity index (χ1) is 12.4. The number of methoxy groups -OCH3 is 2. The van der Waals surface area contributed by atoms with Crippen LogP contribution < -0.4 is 14.2 Å². The van der Waals surface area contributed by atoms with Crippen molar-refractivity contribution < 1.29 is 17.9 Å². The molecule has 9 heteroatoms. The van der Waals surface area contributed by atoms with E-state index < -0.39 is 10.0 Å². The van der Waals surface area contributed by atoms with Gasteiger partial charge in [-0.05, 0) is 12.1 Å². The third-order valence-electron chi connectivity index (χ3n) is 3.69. The maximum absolute atomic E-state index is 12.7. The predicted octanol–water partition coefficient (Wildman–Crippen LogP) is 2.30. The highest BCUT2D eigenvalue weighted by atomic mass is 32.2. The summed E-state index contributed by atoms with van der Waals surface area (Å²) in [7, 11) is 0.668. The Balaban J connectivity index is 1.92. The maximum Gasteiger partial charge on any atom is 0.264 e. The summed E-state index contributed by atoms with van der Waals surface area (Å²) in [5.74, 6) is 1.30. The zero-order valence-corrected chi connectivity index (χ0v) is 15.3. The second-order valence-electron chi connectivity index (χ2n) is 5.37. The minimum absolute atomic E-state index is 0.0272. The summed E-state index contributed by atoms with van der Waals surface area (Å²) in [5.41, 5.74) is 0.791. The molecule has 3 rings (SSSR count). The second-order valence-corrected chi connectivity index (χ2v) is 7.05. The Morgan fingerprint density at radius 2 is 1.69 bits per heavy atom. The molecule has 1 N–H and O–H groups in total. The van der Waals surface area contributed by atoms with Crippen molar-refractivity contribution in [2.75, 3.05) is 18.9 Å². The van der Waals surface area contributed by atoms with Crippen molar-refractivity contribution in [3.05, 3.63) is 48.5 Å². The number of hydrogen-bond donors (Lipinski definition) is 1. The summed E-state index contributed by atoms with van der Waals surface area (Å²) in [6.45, 7) is 0. The zero-order valence-electron chi connectivity index (χ0n) is 14.5. The van der Waals surface area contributed by atoms with Crippen molar-refractivity contribution in [3.63, 3.8) is 0 Å². The molecule has 0 radical (unpaired) electrons. The highest BCUT2D eigenvalue weighted by molar-refractivity contribution is 7.92. The largest absolute Gasteiger partial charge is 0.493 e. The van der Waals surface area contributed by atoms with Crippen LogP contribution >= 0.6 is 0 Å². The summed E-state index contributed by atoms with van der Waals surface area (Å²) in [6.07, 6.45) is 0. The zero-order chi connectivity index (χ0) is 18.7. The maximum atomic E-state index is 12.7. The van der Waals surface area contributed by atoms with Gasteiger partial charge in [-0.1, -0.05) is 30.3 Å². The lowest BCUT2D eigenvalue weighted by Crippen LogP contribution is -2.16. The van der Waals surface area contributed by atoms with E-state index in [9.17, 15) is 8.42 Å². The van der Waals surface area contributed by atoms with Gasteiger partial charge in [0, 0.05) is 18.7 Å². The van der Waals surface area contributed by atoms with Gasteiger partial charge in [-0.25, -0.2) is 17.8 Å². The Morgan fingerprint density at radius 1 is 1.00 bits per heavy atom.